The summed E-state index contributed by atoms with van der Waals surface area (Å²) < 4.78 is 3.46. The summed E-state index contributed by atoms with van der Waals surface area (Å²) >= 11 is 5.35. The van der Waals surface area contributed by atoms with E-state index in [1.165, 1.54) is 48.4 Å². The number of para-hydroxylation sites is 2. The topological polar surface area (TPSA) is 4.93 Å². The number of rotatable bonds is 3. The number of fused-ring (bicyclic) bond motifs is 3. The van der Waals surface area contributed by atoms with Crippen molar-refractivity contribution in [2.45, 2.75) is 0 Å². The van der Waals surface area contributed by atoms with Gasteiger partial charge in [-0.2, -0.15) is 0 Å². The highest BCUT2D eigenvalue weighted by Gasteiger charge is 2.12. The van der Waals surface area contributed by atoms with Crippen LogP contribution >= 0.6 is 27.3 Å². The molecular weight excluding hydrogens is 462 g/mol. The third-order valence-corrected chi connectivity index (χ3v) is 7.44. The number of nitrogens with zero attached hydrogens (tertiary/aromatic N) is 1. The van der Waals surface area contributed by atoms with E-state index in [1.54, 1.807) is 0 Å². The van der Waals surface area contributed by atoms with E-state index in [4.69, 9.17) is 0 Å². The number of hydrogen-bond donors (Lipinski definition) is 0. The molecule has 0 atom stereocenters. The van der Waals surface area contributed by atoms with Gasteiger partial charge in [0, 0.05) is 30.7 Å². The van der Waals surface area contributed by atoms with Gasteiger partial charge in [0.15, 0.2) is 0 Å². The van der Waals surface area contributed by atoms with Crippen LogP contribution < -0.4 is 0 Å². The minimum atomic E-state index is 1.11. The normalized spacial score (nSPS) is 11.4. The molecule has 0 aliphatic rings. The van der Waals surface area contributed by atoms with Crippen molar-refractivity contribution in [1.82, 2.24) is 4.57 Å². The summed E-state index contributed by atoms with van der Waals surface area (Å²) in [5.74, 6) is 0. The molecule has 0 fully saturated rings. The Morgan fingerprint density at radius 1 is 0.516 bits per heavy atom. The van der Waals surface area contributed by atoms with E-state index in [0.29, 0.717) is 0 Å². The largest absolute Gasteiger partial charge is 0.309 e. The Bertz CT molecular complexity index is 1470. The Kier molecular flexibility index (Phi) is 4.52. The van der Waals surface area contributed by atoms with Gasteiger partial charge in [0.25, 0.3) is 0 Å². The van der Waals surface area contributed by atoms with Crippen LogP contribution in [0.15, 0.2) is 114 Å². The van der Waals surface area contributed by atoms with Crippen LogP contribution in [-0.2, 0) is 0 Å². The number of halogens is 1. The molecule has 0 aliphatic carbocycles. The van der Waals surface area contributed by atoms with Gasteiger partial charge in [-0.15, -0.1) is 11.3 Å². The fraction of sp³-hybridized carbons (Fsp3) is 0. The average Bonchev–Trinajstić information content (AvgIpc) is 3.43. The molecule has 0 aliphatic heterocycles. The molecule has 1 nitrogen and oxygen atoms in total. The summed E-state index contributed by atoms with van der Waals surface area (Å²) in [5.41, 5.74) is 6.17. The second-order valence-electron chi connectivity index (χ2n) is 7.59. The Hall–Kier alpha value is -3.14. The van der Waals surface area contributed by atoms with Crippen molar-refractivity contribution < 1.29 is 0 Å². The molecule has 2 heterocycles. The van der Waals surface area contributed by atoms with E-state index in [0.717, 1.165) is 4.47 Å². The molecule has 3 heteroatoms. The van der Waals surface area contributed by atoms with Gasteiger partial charge in [-0.05, 0) is 59.7 Å². The first-order valence-corrected chi connectivity index (χ1v) is 11.8. The molecule has 0 saturated carbocycles. The fourth-order valence-electron chi connectivity index (χ4n) is 4.24. The van der Waals surface area contributed by atoms with Crippen LogP contribution in [0.1, 0.15) is 0 Å². The highest BCUT2D eigenvalue weighted by atomic mass is 79.9. The van der Waals surface area contributed by atoms with Gasteiger partial charge in [0.05, 0.1) is 11.0 Å². The van der Waals surface area contributed by atoms with E-state index >= 15 is 0 Å². The maximum absolute atomic E-state index is 3.51. The number of hydrogen-bond acceptors (Lipinski definition) is 1. The van der Waals surface area contributed by atoms with Gasteiger partial charge in [-0.1, -0.05) is 76.6 Å². The van der Waals surface area contributed by atoms with Gasteiger partial charge in [0.2, 0.25) is 0 Å². The lowest BCUT2D eigenvalue weighted by molar-refractivity contribution is 1.18. The molecule has 148 valence electrons. The second kappa shape index (κ2) is 7.52. The SMILES string of the molecule is Brc1ccc(-c2ccc(-c3ccc(-n4c5ccccc5c5ccccc54)cc3)s2)cc1. The van der Waals surface area contributed by atoms with E-state index in [9.17, 15) is 0 Å². The van der Waals surface area contributed by atoms with Crippen LogP contribution in [0.5, 0.6) is 0 Å². The molecule has 0 radical (unpaired) electrons. The molecule has 0 saturated heterocycles. The van der Waals surface area contributed by atoms with Gasteiger partial charge in [-0.3, -0.25) is 0 Å². The Labute approximate surface area is 193 Å². The first kappa shape index (κ1) is 18.6. The van der Waals surface area contributed by atoms with Crippen molar-refractivity contribution in [3.05, 3.63) is 114 Å². The van der Waals surface area contributed by atoms with Gasteiger partial charge >= 0.3 is 0 Å². The van der Waals surface area contributed by atoms with Crippen LogP contribution in [0, 0.1) is 0 Å². The molecule has 0 N–H and O–H groups in total. The van der Waals surface area contributed by atoms with Crippen LogP contribution in [0.3, 0.4) is 0 Å². The minimum Gasteiger partial charge on any atom is -0.309 e. The second-order valence-corrected chi connectivity index (χ2v) is 9.59. The molecule has 0 spiro atoms. The van der Waals surface area contributed by atoms with Crippen LogP contribution in [0.25, 0.3) is 48.4 Å². The van der Waals surface area contributed by atoms with Crippen LogP contribution in [-0.4, -0.2) is 4.57 Å². The van der Waals surface area contributed by atoms with Crippen molar-refractivity contribution in [3.63, 3.8) is 0 Å². The summed E-state index contributed by atoms with van der Waals surface area (Å²) in [7, 11) is 0. The van der Waals surface area contributed by atoms with Crippen molar-refractivity contribution in [2.75, 3.05) is 0 Å². The Morgan fingerprint density at radius 3 is 1.55 bits per heavy atom. The standard InChI is InChI=1S/C28H18BrNS/c29-21-13-9-19(10-14-21)27-17-18-28(31-27)20-11-15-22(16-12-20)30-25-7-3-1-5-23(25)24-6-2-4-8-26(24)30/h1-18H. The predicted molar refractivity (Wildman–Crippen MR) is 137 cm³/mol. The zero-order valence-corrected chi connectivity index (χ0v) is 19.0. The highest BCUT2D eigenvalue weighted by Crippen LogP contribution is 2.36. The lowest BCUT2D eigenvalue weighted by Crippen LogP contribution is -1.93. The molecule has 4 aromatic carbocycles. The number of benzene rings is 4. The average molecular weight is 480 g/mol. The molecule has 6 aromatic rings. The molecular formula is C28H18BrNS. The molecule has 0 bridgehead atoms. The molecule has 6 rings (SSSR count). The van der Waals surface area contributed by atoms with Crippen molar-refractivity contribution in [2.24, 2.45) is 0 Å². The minimum absolute atomic E-state index is 1.11. The monoisotopic (exact) mass is 479 g/mol. The first-order valence-electron chi connectivity index (χ1n) is 10.2. The summed E-state index contributed by atoms with van der Waals surface area (Å²) in [6.45, 7) is 0. The molecule has 31 heavy (non-hydrogen) atoms. The van der Waals surface area contributed by atoms with E-state index in [-0.39, 0.29) is 0 Å². The van der Waals surface area contributed by atoms with Gasteiger partial charge in [0.1, 0.15) is 0 Å². The quantitative estimate of drug-likeness (QED) is 0.238. The maximum atomic E-state index is 3.51. The predicted octanol–water partition coefficient (Wildman–Crippen LogP) is 8.94. The van der Waals surface area contributed by atoms with Crippen LogP contribution in [0.2, 0.25) is 0 Å². The van der Waals surface area contributed by atoms with Crippen molar-refractivity contribution in [3.8, 4) is 26.6 Å². The zero-order valence-electron chi connectivity index (χ0n) is 16.6. The highest BCUT2D eigenvalue weighted by molar-refractivity contribution is 9.10. The number of thiophene rings is 1. The van der Waals surface area contributed by atoms with E-state index < -0.39 is 0 Å². The van der Waals surface area contributed by atoms with Crippen molar-refractivity contribution >= 4 is 49.1 Å². The molecule has 0 amide bonds. The maximum Gasteiger partial charge on any atom is 0.0541 e. The molecule has 0 unspecified atom stereocenters. The summed E-state index contributed by atoms with van der Waals surface area (Å²) in [6.07, 6.45) is 0. The first-order chi connectivity index (χ1) is 15.3. The van der Waals surface area contributed by atoms with E-state index in [1.807, 2.05) is 11.3 Å². The van der Waals surface area contributed by atoms with Crippen LogP contribution in [0.4, 0.5) is 0 Å². The number of aromatic nitrogens is 1. The van der Waals surface area contributed by atoms with E-state index in [2.05, 4.69) is 130 Å². The zero-order chi connectivity index (χ0) is 20.8. The third-order valence-electron chi connectivity index (χ3n) is 5.72. The summed E-state index contributed by atoms with van der Waals surface area (Å²) in [4.78, 5) is 2.57. The Morgan fingerprint density at radius 2 is 1.00 bits per heavy atom. The summed E-state index contributed by atoms with van der Waals surface area (Å²) in [6, 6.07) is 39.1. The lowest BCUT2D eigenvalue weighted by Gasteiger charge is -2.08. The third kappa shape index (κ3) is 3.21. The smallest absolute Gasteiger partial charge is 0.0541 e. The lowest BCUT2D eigenvalue weighted by atomic mass is 10.1. The van der Waals surface area contributed by atoms with Crippen molar-refractivity contribution in [1.29, 1.82) is 0 Å². The Balaban J connectivity index is 1.41. The summed E-state index contributed by atoms with van der Waals surface area (Å²) in [5, 5.41) is 2.58. The fourth-order valence-corrected chi connectivity index (χ4v) is 5.52. The van der Waals surface area contributed by atoms with Gasteiger partial charge < -0.3 is 4.57 Å². The van der Waals surface area contributed by atoms with Gasteiger partial charge in [-0.25, -0.2) is 0 Å². The molecule has 2 aromatic heterocycles.